The van der Waals surface area contributed by atoms with Crippen LogP contribution >= 0.6 is 0 Å². The minimum Gasteiger partial charge on any atom is -0.441 e. The fourth-order valence-electron chi connectivity index (χ4n) is 3.13. The summed E-state index contributed by atoms with van der Waals surface area (Å²) in [4.78, 5) is 15.9. The van der Waals surface area contributed by atoms with Crippen LogP contribution < -0.4 is 0 Å². The molecule has 4 rings (SSSR count). The summed E-state index contributed by atoms with van der Waals surface area (Å²) in [5.74, 6) is 1.69. The van der Waals surface area contributed by atoms with Gasteiger partial charge in [0.05, 0.1) is 5.69 Å². The third-order valence-electron chi connectivity index (χ3n) is 4.35. The maximum Gasteiger partial charge on any atom is 0.195 e. The SMILES string of the molecule is Cc1ncc2c(n1)CN(CCCc1nc3ccccc3o1)CC2. The van der Waals surface area contributed by atoms with Gasteiger partial charge in [0.1, 0.15) is 11.3 Å². The monoisotopic (exact) mass is 308 g/mol. The van der Waals surface area contributed by atoms with Gasteiger partial charge in [-0.15, -0.1) is 0 Å². The van der Waals surface area contributed by atoms with Gasteiger partial charge in [-0.3, -0.25) is 4.90 Å². The first-order chi connectivity index (χ1) is 11.3. The molecule has 5 nitrogen and oxygen atoms in total. The number of rotatable bonds is 4. The van der Waals surface area contributed by atoms with E-state index in [2.05, 4.69) is 19.9 Å². The van der Waals surface area contributed by atoms with Gasteiger partial charge >= 0.3 is 0 Å². The second-order valence-corrected chi connectivity index (χ2v) is 6.09. The third kappa shape index (κ3) is 3.10. The zero-order valence-electron chi connectivity index (χ0n) is 13.3. The van der Waals surface area contributed by atoms with E-state index in [0.29, 0.717) is 0 Å². The number of oxazole rings is 1. The van der Waals surface area contributed by atoms with Crippen molar-refractivity contribution in [3.05, 3.63) is 53.4 Å². The molecule has 2 aromatic heterocycles. The summed E-state index contributed by atoms with van der Waals surface area (Å²) in [6, 6.07) is 7.93. The molecule has 0 spiro atoms. The molecule has 118 valence electrons. The molecule has 0 amide bonds. The first-order valence-electron chi connectivity index (χ1n) is 8.16. The fraction of sp³-hybridized carbons (Fsp3) is 0.389. The highest BCUT2D eigenvalue weighted by atomic mass is 16.3. The van der Waals surface area contributed by atoms with Crippen LogP contribution in [0.1, 0.15) is 29.4 Å². The molecule has 3 heterocycles. The summed E-state index contributed by atoms with van der Waals surface area (Å²) in [7, 11) is 0. The van der Waals surface area contributed by atoms with Gasteiger partial charge in [-0.05, 0) is 44.0 Å². The van der Waals surface area contributed by atoms with Gasteiger partial charge in [-0.1, -0.05) is 12.1 Å². The van der Waals surface area contributed by atoms with E-state index < -0.39 is 0 Å². The summed E-state index contributed by atoms with van der Waals surface area (Å²) >= 11 is 0. The average molecular weight is 308 g/mol. The molecular formula is C18H20N4O. The number of hydrogen-bond acceptors (Lipinski definition) is 5. The number of aryl methyl sites for hydroxylation is 2. The van der Waals surface area contributed by atoms with Gasteiger partial charge in [0.15, 0.2) is 11.5 Å². The number of para-hydroxylation sites is 2. The summed E-state index contributed by atoms with van der Waals surface area (Å²) in [6.45, 7) is 4.99. The Bertz CT molecular complexity index is 794. The Labute approximate surface area is 135 Å². The van der Waals surface area contributed by atoms with Crippen molar-refractivity contribution in [3.63, 3.8) is 0 Å². The van der Waals surface area contributed by atoms with Gasteiger partial charge in [0.25, 0.3) is 0 Å². The summed E-state index contributed by atoms with van der Waals surface area (Å²) in [5, 5.41) is 0. The van der Waals surface area contributed by atoms with E-state index in [9.17, 15) is 0 Å². The Morgan fingerprint density at radius 1 is 1.22 bits per heavy atom. The standard InChI is InChI=1S/C18H20N4O/c1-13-19-11-14-8-10-22(12-16(14)20-13)9-4-7-18-21-15-5-2-3-6-17(15)23-18/h2-3,5-6,11H,4,7-10,12H2,1H3. The van der Waals surface area contributed by atoms with E-state index in [0.717, 1.165) is 61.7 Å². The van der Waals surface area contributed by atoms with Crippen LogP contribution in [0.15, 0.2) is 34.9 Å². The maximum absolute atomic E-state index is 5.78. The second kappa shape index (κ2) is 6.08. The second-order valence-electron chi connectivity index (χ2n) is 6.09. The van der Waals surface area contributed by atoms with Crippen LogP contribution in [0.2, 0.25) is 0 Å². The van der Waals surface area contributed by atoms with Crippen molar-refractivity contribution >= 4 is 11.1 Å². The zero-order chi connectivity index (χ0) is 15.6. The van der Waals surface area contributed by atoms with Crippen molar-refractivity contribution in [3.8, 4) is 0 Å². The predicted octanol–water partition coefficient (Wildman–Crippen LogP) is 2.92. The van der Waals surface area contributed by atoms with Gasteiger partial charge in [-0.25, -0.2) is 15.0 Å². The van der Waals surface area contributed by atoms with Crippen molar-refractivity contribution < 1.29 is 4.42 Å². The average Bonchev–Trinajstić information content (AvgIpc) is 2.97. The van der Waals surface area contributed by atoms with E-state index in [1.165, 1.54) is 11.3 Å². The number of hydrogen-bond donors (Lipinski definition) is 0. The Hall–Kier alpha value is -2.27. The van der Waals surface area contributed by atoms with Gasteiger partial charge in [0.2, 0.25) is 0 Å². The molecule has 0 radical (unpaired) electrons. The van der Waals surface area contributed by atoms with Crippen LogP contribution in [-0.2, 0) is 19.4 Å². The van der Waals surface area contributed by atoms with Crippen LogP contribution in [0.3, 0.4) is 0 Å². The van der Waals surface area contributed by atoms with Crippen molar-refractivity contribution in [2.75, 3.05) is 13.1 Å². The first kappa shape index (κ1) is 14.3. The van der Waals surface area contributed by atoms with Crippen LogP contribution in [-0.4, -0.2) is 32.9 Å². The topological polar surface area (TPSA) is 55.1 Å². The zero-order valence-corrected chi connectivity index (χ0v) is 13.3. The summed E-state index contributed by atoms with van der Waals surface area (Å²) < 4.78 is 5.78. The Balaban J connectivity index is 1.35. The molecule has 5 heteroatoms. The lowest BCUT2D eigenvalue weighted by molar-refractivity contribution is 0.244. The predicted molar refractivity (Wildman–Crippen MR) is 88.1 cm³/mol. The minimum absolute atomic E-state index is 0.835. The lowest BCUT2D eigenvalue weighted by atomic mass is 10.1. The largest absolute Gasteiger partial charge is 0.441 e. The molecule has 3 aromatic rings. The molecule has 0 fully saturated rings. The molecule has 0 atom stereocenters. The van der Waals surface area contributed by atoms with E-state index in [-0.39, 0.29) is 0 Å². The molecule has 23 heavy (non-hydrogen) atoms. The Morgan fingerprint density at radius 3 is 3.04 bits per heavy atom. The number of benzene rings is 1. The van der Waals surface area contributed by atoms with Crippen molar-refractivity contribution in [2.45, 2.75) is 32.7 Å². The normalized spacial score (nSPS) is 15.0. The molecule has 0 N–H and O–H groups in total. The summed E-state index contributed by atoms with van der Waals surface area (Å²) in [6.07, 6.45) is 4.94. The minimum atomic E-state index is 0.835. The highest BCUT2D eigenvalue weighted by Crippen LogP contribution is 2.18. The van der Waals surface area contributed by atoms with Gasteiger partial charge in [-0.2, -0.15) is 0 Å². The molecular weight excluding hydrogens is 288 g/mol. The third-order valence-corrected chi connectivity index (χ3v) is 4.35. The van der Waals surface area contributed by atoms with Gasteiger partial charge in [0, 0.05) is 25.7 Å². The summed E-state index contributed by atoms with van der Waals surface area (Å²) in [5.41, 5.74) is 4.31. The molecule has 1 aliphatic heterocycles. The lowest BCUT2D eigenvalue weighted by Crippen LogP contribution is -2.32. The van der Waals surface area contributed by atoms with Crippen LogP contribution in [0.25, 0.3) is 11.1 Å². The molecule has 0 unspecified atom stereocenters. The first-order valence-corrected chi connectivity index (χ1v) is 8.16. The molecule has 0 aliphatic carbocycles. The molecule has 0 bridgehead atoms. The lowest BCUT2D eigenvalue weighted by Gasteiger charge is -2.27. The maximum atomic E-state index is 5.78. The van der Waals surface area contributed by atoms with E-state index >= 15 is 0 Å². The molecule has 0 saturated carbocycles. The quantitative estimate of drug-likeness (QED) is 0.742. The smallest absolute Gasteiger partial charge is 0.195 e. The van der Waals surface area contributed by atoms with Crippen molar-refractivity contribution in [2.24, 2.45) is 0 Å². The van der Waals surface area contributed by atoms with Crippen LogP contribution in [0, 0.1) is 6.92 Å². The molecule has 1 aromatic carbocycles. The Kier molecular flexibility index (Phi) is 3.79. The van der Waals surface area contributed by atoms with Crippen LogP contribution in [0.4, 0.5) is 0 Å². The highest BCUT2D eigenvalue weighted by molar-refractivity contribution is 5.72. The number of aromatic nitrogens is 3. The van der Waals surface area contributed by atoms with Crippen molar-refractivity contribution in [1.82, 2.24) is 19.9 Å². The fourth-order valence-corrected chi connectivity index (χ4v) is 3.13. The Morgan fingerprint density at radius 2 is 2.13 bits per heavy atom. The van der Waals surface area contributed by atoms with Crippen LogP contribution in [0.5, 0.6) is 0 Å². The highest BCUT2D eigenvalue weighted by Gasteiger charge is 2.17. The van der Waals surface area contributed by atoms with Gasteiger partial charge < -0.3 is 4.42 Å². The van der Waals surface area contributed by atoms with E-state index in [4.69, 9.17) is 4.42 Å². The molecule has 1 aliphatic rings. The number of fused-ring (bicyclic) bond motifs is 2. The van der Waals surface area contributed by atoms with Crippen molar-refractivity contribution in [1.29, 1.82) is 0 Å². The number of nitrogens with zero attached hydrogens (tertiary/aromatic N) is 4. The van der Waals surface area contributed by atoms with E-state index in [1.807, 2.05) is 37.4 Å². The van der Waals surface area contributed by atoms with E-state index in [1.54, 1.807) is 0 Å². The molecule has 0 saturated heterocycles.